The molecule has 1 unspecified atom stereocenters. The molecule has 0 bridgehead atoms. The van der Waals surface area contributed by atoms with Crippen LogP contribution < -0.4 is 10.6 Å². The van der Waals surface area contributed by atoms with Crippen LogP contribution >= 0.6 is 11.8 Å². The minimum Gasteiger partial charge on any atom is -0.379 e. The molecule has 1 atom stereocenters. The minimum absolute atomic E-state index is 0.000413. The molecule has 162 valence electrons. The molecule has 1 fully saturated rings. The molecule has 2 rings (SSSR count). The first kappa shape index (κ1) is 23.7. The van der Waals surface area contributed by atoms with E-state index in [2.05, 4.69) is 15.5 Å². The number of hydrogen-bond acceptors (Lipinski definition) is 5. The monoisotopic (exact) mass is 421 g/mol. The molecule has 2 amide bonds. The molecule has 1 aliphatic rings. The molecule has 1 aromatic carbocycles. The van der Waals surface area contributed by atoms with Crippen LogP contribution in [0.3, 0.4) is 0 Å². The van der Waals surface area contributed by atoms with E-state index in [1.54, 1.807) is 11.8 Å². The number of anilines is 1. The van der Waals surface area contributed by atoms with Gasteiger partial charge in [-0.15, -0.1) is 11.8 Å². The lowest BCUT2D eigenvalue weighted by Gasteiger charge is -2.34. The van der Waals surface area contributed by atoms with Gasteiger partial charge in [0.05, 0.1) is 17.8 Å². The summed E-state index contributed by atoms with van der Waals surface area (Å²) < 4.78 is 5.49. The van der Waals surface area contributed by atoms with Gasteiger partial charge in [-0.2, -0.15) is 0 Å². The van der Waals surface area contributed by atoms with Gasteiger partial charge in [-0.05, 0) is 71.5 Å². The van der Waals surface area contributed by atoms with Crippen LogP contribution in [0.5, 0.6) is 0 Å². The zero-order valence-corrected chi connectivity index (χ0v) is 18.9. The molecule has 0 aromatic heterocycles. The van der Waals surface area contributed by atoms with E-state index in [0.29, 0.717) is 13.2 Å². The summed E-state index contributed by atoms with van der Waals surface area (Å²) in [4.78, 5) is 28.3. The van der Waals surface area contributed by atoms with Crippen LogP contribution in [0.2, 0.25) is 0 Å². The number of rotatable bonds is 10. The van der Waals surface area contributed by atoms with E-state index in [0.717, 1.165) is 42.9 Å². The van der Waals surface area contributed by atoms with E-state index in [9.17, 15) is 9.59 Å². The van der Waals surface area contributed by atoms with Gasteiger partial charge in [-0.25, -0.2) is 0 Å². The highest BCUT2D eigenvalue weighted by molar-refractivity contribution is 7.98. The molecule has 0 spiro atoms. The van der Waals surface area contributed by atoms with Crippen molar-refractivity contribution in [2.24, 2.45) is 5.92 Å². The predicted molar refractivity (Wildman–Crippen MR) is 119 cm³/mol. The highest BCUT2D eigenvalue weighted by Crippen LogP contribution is 2.25. The molecule has 1 saturated heterocycles. The van der Waals surface area contributed by atoms with Gasteiger partial charge in [0.2, 0.25) is 11.8 Å². The summed E-state index contributed by atoms with van der Waals surface area (Å²) in [6, 6.07) is 7.61. The number of nitrogens with one attached hydrogen (secondary N) is 2. The van der Waals surface area contributed by atoms with Gasteiger partial charge in [0.1, 0.15) is 0 Å². The summed E-state index contributed by atoms with van der Waals surface area (Å²) in [7, 11) is 0. The van der Waals surface area contributed by atoms with E-state index in [1.807, 2.05) is 51.3 Å². The molecule has 29 heavy (non-hydrogen) atoms. The van der Waals surface area contributed by atoms with Gasteiger partial charge < -0.3 is 15.4 Å². The number of hydrogen-bond donors (Lipinski definition) is 2. The van der Waals surface area contributed by atoms with Crippen molar-refractivity contribution in [1.82, 2.24) is 10.2 Å². The predicted octanol–water partition coefficient (Wildman–Crippen LogP) is 3.38. The fraction of sp³-hybridized carbons (Fsp3) is 0.636. The van der Waals surface area contributed by atoms with Gasteiger partial charge in [-0.3, -0.25) is 14.5 Å². The highest BCUT2D eigenvalue weighted by atomic mass is 32.2. The molecule has 0 aliphatic carbocycles. The number of thioether (sulfide) groups is 1. The van der Waals surface area contributed by atoms with Crippen molar-refractivity contribution in [2.45, 2.75) is 57.1 Å². The number of carbonyl (C=O) groups is 2. The van der Waals surface area contributed by atoms with Crippen LogP contribution in [0.4, 0.5) is 5.69 Å². The maximum absolute atomic E-state index is 12.7. The maximum Gasteiger partial charge on any atom is 0.241 e. The molecule has 1 heterocycles. The molecule has 7 heteroatoms. The van der Waals surface area contributed by atoms with E-state index >= 15 is 0 Å². The second kappa shape index (κ2) is 12.2. The number of para-hydroxylation sites is 1. The molecular formula is C22H35N3O3S. The normalized spacial score (nSPS) is 16.6. The molecule has 1 aliphatic heterocycles. The number of likely N-dealkylation sites (tertiary alicyclic amines) is 1. The summed E-state index contributed by atoms with van der Waals surface area (Å²) in [5.74, 6) is 0.157. The van der Waals surface area contributed by atoms with Crippen LogP contribution in [-0.4, -0.2) is 61.4 Å². The molecule has 6 nitrogen and oxygen atoms in total. The van der Waals surface area contributed by atoms with Crippen molar-refractivity contribution in [1.29, 1.82) is 0 Å². The Morgan fingerprint density at radius 1 is 1.21 bits per heavy atom. The van der Waals surface area contributed by atoms with E-state index in [4.69, 9.17) is 4.74 Å². The lowest BCUT2D eigenvalue weighted by Crippen LogP contribution is -2.48. The van der Waals surface area contributed by atoms with Crippen molar-refractivity contribution >= 4 is 29.3 Å². The van der Waals surface area contributed by atoms with Crippen LogP contribution in [0.25, 0.3) is 0 Å². The van der Waals surface area contributed by atoms with Crippen LogP contribution in [0.1, 0.15) is 40.0 Å². The standard InChI is InChI=1S/C22H35N3O3S/c1-16(2)28-15-7-12-23-22(27)18-10-13-25(14-11-18)17(3)21(26)24-19-8-5-6-9-20(19)29-4/h5-6,8-9,16-18H,7,10-15H2,1-4H3,(H,23,27)(H,24,26). The minimum atomic E-state index is -0.220. The van der Waals surface area contributed by atoms with E-state index in [-0.39, 0.29) is 29.9 Å². The lowest BCUT2D eigenvalue weighted by atomic mass is 9.95. The smallest absolute Gasteiger partial charge is 0.241 e. The molecule has 2 N–H and O–H groups in total. The van der Waals surface area contributed by atoms with Crippen molar-refractivity contribution < 1.29 is 14.3 Å². The highest BCUT2D eigenvalue weighted by Gasteiger charge is 2.29. The van der Waals surface area contributed by atoms with Gasteiger partial charge in [-0.1, -0.05) is 12.1 Å². The largest absolute Gasteiger partial charge is 0.379 e. The lowest BCUT2D eigenvalue weighted by molar-refractivity contribution is -0.127. The number of amides is 2. The summed E-state index contributed by atoms with van der Waals surface area (Å²) >= 11 is 1.62. The Kier molecular flexibility index (Phi) is 9.97. The van der Waals surface area contributed by atoms with Crippen molar-refractivity contribution in [3.8, 4) is 0 Å². The van der Waals surface area contributed by atoms with Crippen LogP contribution in [-0.2, 0) is 14.3 Å². The van der Waals surface area contributed by atoms with Gasteiger partial charge in [0.25, 0.3) is 0 Å². The summed E-state index contributed by atoms with van der Waals surface area (Å²) in [6.45, 7) is 8.79. The number of ether oxygens (including phenoxy) is 1. The third kappa shape index (κ3) is 7.64. The Labute approximate surface area is 179 Å². The number of benzene rings is 1. The number of nitrogens with zero attached hydrogens (tertiary/aromatic N) is 1. The Balaban J connectivity index is 1.73. The first-order valence-corrected chi connectivity index (χ1v) is 11.7. The SMILES string of the molecule is CSc1ccccc1NC(=O)C(C)N1CCC(C(=O)NCCCOC(C)C)CC1. The Hall–Kier alpha value is -1.57. The van der Waals surface area contributed by atoms with Gasteiger partial charge >= 0.3 is 0 Å². The van der Waals surface area contributed by atoms with E-state index < -0.39 is 0 Å². The zero-order valence-electron chi connectivity index (χ0n) is 18.1. The maximum atomic E-state index is 12.7. The topological polar surface area (TPSA) is 70.7 Å². The Morgan fingerprint density at radius 3 is 2.55 bits per heavy atom. The fourth-order valence-corrected chi connectivity index (χ4v) is 4.00. The Morgan fingerprint density at radius 2 is 1.90 bits per heavy atom. The quantitative estimate of drug-likeness (QED) is 0.448. The van der Waals surface area contributed by atoms with Crippen molar-refractivity contribution in [2.75, 3.05) is 37.8 Å². The fourth-order valence-electron chi connectivity index (χ4n) is 3.45. The molecule has 0 saturated carbocycles. The summed E-state index contributed by atoms with van der Waals surface area (Å²) in [5, 5.41) is 6.07. The second-order valence-electron chi connectivity index (χ2n) is 7.74. The first-order chi connectivity index (χ1) is 13.9. The van der Waals surface area contributed by atoms with Gasteiger partial charge in [0.15, 0.2) is 0 Å². The average Bonchev–Trinajstić information content (AvgIpc) is 2.73. The van der Waals surface area contributed by atoms with E-state index in [1.165, 1.54) is 0 Å². The molecular weight excluding hydrogens is 386 g/mol. The van der Waals surface area contributed by atoms with Crippen LogP contribution in [0, 0.1) is 5.92 Å². The molecule has 0 radical (unpaired) electrons. The summed E-state index contributed by atoms with van der Waals surface area (Å²) in [6.07, 6.45) is 4.63. The van der Waals surface area contributed by atoms with Crippen molar-refractivity contribution in [3.05, 3.63) is 24.3 Å². The second-order valence-corrected chi connectivity index (χ2v) is 8.59. The first-order valence-electron chi connectivity index (χ1n) is 10.5. The van der Waals surface area contributed by atoms with Crippen LogP contribution in [0.15, 0.2) is 29.2 Å². The van der Waals surface area contributed by atoms with Crippen molar-refractivity contribution in [3.63, 3.8) is 0 Å². The molecule has 1 aromatic rings. The van der Waals surface area contributed by atoms with Gasteiger partial charge in [0, 0.05) is 24.0 Å². The number of piperidine rings is 1. The number of carbonyl (C=O) groups excluding carboxylic acids is 2. The average molecular weight is 422 g/mol. The third-order valence-corrected chi connectivity index (χ3v) is 6.06. The third-order valence-electron chi connectivity index (χ3n) is 5.26. The Bertz CT molecular complexity index is 660. The summed E-state index contributed by atoms with van der Waals surface area (Å²) in [5.41, 5.74) is 0.854. The zero-order chi connectivity index (χ0) is 21.2.